The predicted octanol–water partition coefficient (Wildman–Crippen LogP) is 3.28. The molecular weight excluding hydrogens is 346 g/mol. The third kappa shape index (κ3) is 2.73. The molecule has 3 aromatic heterocycles. The maximum absolute atomic E-state index is 12.2. The summed E-state index contributed by atoms with van der Waals surface area (Å²) in [5.41, 5.74) is 4.25. The molecule has 0 spiro atoms. The van der Waals surface area contributed by atoms with Crippen LogP contribution in [-0.4, -0.2) is 25.4 Å². The second-order valence-electron chi connectivity index (χ2n) is 6.47. The van der Waals surface area contributed by atoms with Gasteiger partial charge in [-0.25, -0.2) is 9.31 Å². The lowest BCUT2D eigenvalue weighted by Gasteiger charge is -2.00. The third-order valence-corrected chi connectivity index (χ3v) is 4.56. The quantitative estimate of drug-likeness (QED) is 0.603. The van der Waals surface area contributed by atoms with Crippen molar-refractivity contribution in [3.8, 4) is 22.3 Å². The van der Waals surface area contributed by atoms with Gasteiger partial charge in [0.1, 0.15) is 5.76 Å². The molecule has 0 unspecified atom stereocenters. The van der Waals surface area contributed by atoms with Crippen LogP contribution in [0, 0.1) is 13.8 Å². The van der Waals surface area contributed by atoms with Crippen molar-refractivity contribution in [2.45, 2.75) is 13.8 Å². The van der Waals surface area contributed by atoms with Gasteiger partial charge in [-0.3, -0.25) is 4.79 Å². The largest absolute Gasteiger partial charge is 0.478 e. The van der Waals surface area contributed by atoms with Gasteiger partial charge in [0, 0.05) is 18.8 Å². The smallest absolute Gasteiger partial charge is 0.337 e. The summed E-state index contributed by atoms with van der Waals surface area (Å²) in [4.78, 5) is 23.7. The number of carbonyl (C=O) groups is 1. The van der Waals surface area contributed by atoms with E-state index in [-0.39, 0.29) is 11.1 Å². The SMILES string of the molecule is Cc1cc(C(=O)O)c2cc(-c3ccc(-c4c(C)on(C)c4=O)cc3)cn2n1. The van der Waals surface area contributed by atoms with E-state index >= 15 is 0 Å². The van der Waals surface area contributed by atoms with Crippen LogP contribution in [0.4, 0.5) is 0 Å². The lowest BCUT2D eigenvalue weighted by molar-refractivity contribution is 0.0698. The number of hydrogen-bond donors (Lipinski definition) is 1. The molecular formula is C20H17N3O4. The van der Waals surface area contributed by atoms with Gasteiger partial charge < -0.3 is 9.63 Å². The van der Waals surface area contributed by atoms with Gasteiger partial charge in [-0.2, -0.15) is 9.84 Å². The second-order valence-corrected chi connectivity index (χ2v) is 6.47. The molecule has 0 saturated carbocycles. The van der Waals surface area contributed by atoms with Gasteiger partial charge in [-0.1, -0.05) is 24.3 Å². The topological polar surface area (TPSA) is 89.7 Å². The average Bonchev–Trinajstić information content (AvgIpc) is 3.15. The van der Waals surface area contributed by atoms with Crippen LogP contribution in [0.5, 0.6) is 0 Å². The minimum absolute atomic E-state index is 0.180. The van der Waals surface area contributed by atoms with E-state index in [2.05, 4.69) is 5.10 Å². The minimum Gasteiger partial charge on any atom is -0.478 e. The maximum Gasteiger partial charge on any atom is 0.337 e. The van der Waals surface area contributed by atoms with E-state index in [1.165, 1.54) is 4.74 Å². The number of fused-ring (bicyclic) bond motifs is 1. The first-order valence-electron chi connectivity index (χ1n) is 8.36. The molecule has 4 aromatic rings. The number of aromatic nitrogens is 3. The van der Waals surface area contributed by atoms with Crippen molar-refractivity contribution >= 4 is 11.5 Å². The van der Waals surface area contributed by atoms with E-state index < -0.39 is 5.97 Å². The number of carboxylic acids is 1. The summed E-state index contributed by atoms with van der Waals surface area (Å²) in [6, 6.07) is 10.9. The fraction of sp³-hybridized carbons (Fsp3) is 0.150. The molecule has 0 radical (unpaired) electrons. The van der Waals surface area contributed by atoms with E-state index in [0.717, 1.165) is 16.7 Å². The van der Waals surface area contributed by atoms with E-state index in [1.54, 1.807) is 43.7 Å². The van der Waals surface area contributed by atoms with Gasteiger partial charge in [0.2, 0.25) is 0 Å². The first-order valence-corrected chi connectivity index (χ1v) is 8.36. The number of carboxylic acid groups (broad SMARTS) is 1. The normalized spacial score (nSPS) is 11.2. The lowest BCUT2D eigenvalue weighted by atomic mass is 10.0. The summed E-state index contributed by atoms with van der Waals surface area (Å²) < 4.78 is 8.13. The van der Waals surface area contributed by atoms with Crippen LogP contribution in [0.3, 0.4) is 0 Å². The minimum atomic E-state index is -0.989. The summed E-state index contributed by atoms with van der Waals surface area (Å²) in [5.74, 6) is -0.424. The van der Waals surface area contributed by atoms with Crippen LogP contribution in [0.2, 0.25) is 0 Å². The van der Waals surface area contributed by atoms with Gasteiger partial charge in [0.15, 0.2) is 0 Å². The fourth-order valence-electron chi connectivity index (χ4n) is 3.30. The Morgan fingerprint density at radius 2 is 1.74 bits per heavy atom. The maximum atomic E-state index is 12.2. The Kier molecular flexibility index (Phi) is 3.73. The molecule has 136 valence electrons. The average molecular weight is 363 g/mol. The molecule has 7 heteroatoms. The number of aryl methyl sites for hydroxylation is 3. The summed E-state index contributed by atoms with van der Waals surface area (Å²) >= 11 is 0. The van der Waals surface area contributed by atoms with Gasteiger partial charge >= 0.3 is 5.97 Å². The fourth-order valence-corrected chi connectivity index (χ4v) is 3.30. The Morgan fingerprint density at radius 3 is 2.33 bits per heavy atom. The van der Waals surface area contributed by atoms with E-state index in [4.69, 9.17) is 4.52 Å². The Labute approximate surface area is 154 Å². The summed E-state index contributed by atoms with van der Waals surface area (Å²) in [7, 11) is 1.58. The molecule has 0 aliphatic heterocycles. The van der Waals surface area contributed by atoms with Gasteiger partial charge in [0.25, 0.3) is 5.56 Å². The highest BCUT2D eigenvalue weighted by Gasteiger charge is 2.15. The standard InChI is InChI=1S/C20H17N3O4/c1-11-8-16(20(25)26)17-9-15(10-23(17)21-11)13-4-6-14(7-5-13)18-12(2)27-22(3)19(18)24/h4-10H,1-3H3,(H,25,26). The molecule has 0 aliphatic rings. The van der Waals surface area contributed by atoms with Crippen molar-refractivity contribution in [1.82, 2.24) is 14.4 Å². The molecule has 0 fully saturated rings. The van der Waals surface area contributed by atoms with Gasteiger partial charge in [-0.05, 0) is 37.1 Å². The molecule has 0 saturated heterocycles. The summed E-state index contributed by atoms with van der Waals surface area (Å²) in [6.45, 7) is 3.51. The van der Waals surface area contributed by atoms with Gasteiger partial charge in [-0.15, -0.1) is 0 Å². The zero-order chi connectivity index (χ0) is 19.3. The highest BCUT2D eigenvalue weighted by molar-refractivity contribution is 5.96. The monoisotopic (exact) mass is 363 g/mol. The highest BCUT2D eigenvalue weighted by atomic mass is 16.5. The van der Waals surface area contributed by atoms with Crippen molar-refractivity contribution in [2.75, 3.05) is 0 Å². The van der Waals surface area contributed by atoms with E-state index in [0.29, 0.717) is 22.5 Å². The highest BCUT2D eigenvalue weighted by Crippen LogP contribution is 2.27. The molecule has 1 N–H and O–H groups in total. The first-order chi connectivity index (χ1) is 12.8. The molecule has 1 aromatic carbocycles. The van der Waals surface area contributed by atoms with E-state index in [1.807, 2.05) is 24.3 Å². The van der Waals surface area contributed by atoms with Crippen molar-refractivity contribution in [1.29, 1.82) is 0 Å². The number of nitrogens with zero attached hydrogens (tertiary/aromatic N) is 3. The van der Waals surface area contributed by atoms with Crippen LogP contribution in [0.1, 0.15) is 21.8 Å². The van der Waals surface area contributed by atoms with Crippen LogP contribution < -0.4 is 5.56 Å². The Hall–Kier alpha value is -3.61. The zero-order valence-corrected chi connectivity index (χ0v) is 15.1. The molecule has 27 heavy (non-hydrogen) atoms. The zero-order valence-electron chi connectivity index (χ0n) is 15.1. The number of hydrogen-bond acceptors (Lipinski definition) is 4. The van der Waals surface area contributed by atoms with Crippen LogP contribution in [0.15, 0.2) is 51.9 Å². The number of aromatic carboxylic acids is 1. The molecule has 7 nitrogen and oxygen atoms in total. The second kappa shape index (κ2) is 5.98. The molecule has 3 heterocycles. The first kappa shape index (κ1) is 16.8. The van der Waals surface area contributed by atoms with Crippen molar-refractivity contribution in [3.05, 3.63) is 70.0 Å². The van der Waals surface area contributed by atoms with Gasteiger partial charge in [0.05, 0.1) is 22.3 Å². The molecule has 0 amide bonds. The van der Waals surface area contributed by atoms with E-state index in [9.17, 15) is 14.7 Å². The van der Waals surface area contributed by atoms with Crippen molar-refractivity contribution < 1.29 is 14.4 Å². The van der Waals surface area contributed by atoms with Crippen LogP contribution >= 0.6 is 0 Å². The Morgan fingerprint density at radius 1 is 1.07 bits per heavy atom. The number of rotatable bonds is 3. The third-order valence-electron chi connectivity index (χ3n) is 4.56. The molecule has 4 rings (SSSR count). The lowest BCUT2D eigenvalue weighted by Crippen LogP contribution is -2.11. The summed E-state index contributed by atoms with van der Waals surface area (Å²) in [5, 5.41) is 13.8. The van der Waals surface area contributed by atoms with Crippen LogP contribution in [-0.2, 0) is 7.05 Å². The summed E-state index contributed by atoms with van der Waals surface area (Å²) in [6.07, 6.45) is 1.80. The molecule has 0 aliphatic carbocycles. The number of benzene rings is 1. The Balaban J connectivity index is 1.80. The van der Waals surface area contributed by atoms with Crippen molar-refractivity contribution in [3.63, 3.8) is 0 Å². The molecule has 0 bridgehead atoms. The predicted molar refractivity (Wildman–Crippen MR) is 100 cm³/mol. The Bertz CT molecular complexity index is 1240. The van der Waals surface area contributed by atoms with Crippen molar-refractivity contribution in [2.24, 2.45) is 7.05 Å². The van der Waals surface area contributed by atoms with Crippen LogP contribution in [0.25, 0.3) is 27.8 Å². The molecule has 0 atom stereocenters.